The first-order valence-corrected chi connectivity index (χ1v) is 10.7. The van der Waals surface area contributed by atoms with Gasteiger partial charge in [-0.1, -0.05) is 12.1 Å². The molecule has 0 spiro atoms. The lowest BCUT2D eigenvalue weighted by molar-refractivity contribution is -0.116. The predicted molar refractivity (Wildman–Crippen MR) is 112 cm³/mol. The number of anilines is 1. The molecule has 1 saturated heterocycles. The van der Waals surface area contributed by atoms with Crippen LogP contribution >= 0.6 is 11.8 Å². The number of hydrogen-bond acceptors (Lipinski definition) is 6. The molecule has 0 aliphatic carbocycles. The Morgan fingerprint density at radius 3 is 2.68 bits per heavy atom. The first-order valence-electron chi connectivity index (χ1n) is 9.67. The van der Waals surface area contributed by atoms with E-state index >= 15 is 0 Å². The molecule has 0 radical (unpaired) electrons. The van der Waals surface area contributed by atoms with Crippen molar-refractivity contribution in [3.05, 3.63) is 41.0 Å². The first-order chi connectivity index (χ1) is 13.6. The minimum Gasteiger partial charge on any atom is -0.487 e. The number of rotatable bonds is 7. The van der Waals surface area contributed by atoms with E-state index in [9.17, 15) is 9.59 Å². The van der Waals surface area contributed by atoms with Crippen molar-refractivity contribution in [3.63, 3.8) is 0 Å². The van der Waals surface area contributed by atoms with Gasteiger partial charge in [-0.3, -0.25) is 9.59 Å². The van der Waals surface area contributed by atoms with Gasteiger partial charge in [-0.25, -0.2) is 0 Å². The molecule has 152 valence electrons. The lowest BCUT2D eigenvalue weighted by Crippen LogP contribution is -2.45. The molecule has 0 unspecified atom stereocenters. The SMILES string of the molecule is CN1CCN(CCCNC(=O)c2ccccc2NC(=O)C2=CSCCO2)CC1. The summed E-state index contributed by atoms with van der Waals surface area (Å²) in [7, 11) is 2.14. The fourth-order valence-electron chi connectivity index (χ4n) is 3.13. The number of piperazine rings is 1. The average molecular weight is 405 g/mol. The molecule has 1 aromatic carbocycles. The van der Waals surface area contributed by atoms with Gasteiger partial charge in [-0.2, -0.15) is 0 Å². The largest absolute Gasteiger partial charge is 0.487 e. The highest BCUT2D eigenvalue weighted by Gasteiger charge is 2.18. The highest BCUT2D eigenvalue weighted by Crippen LogP contribution is 2.19. The number of carbonyl (C=O) groups excluding carboxylic acids is 2. The van der Waals surface area contributed by atoms with E-state index < -0.39 is 0 Å². The molecule has 0 saturated carbocycles. The molecule has 7 nitrogen and oxygen atoms in total. The zero-order chi connectivity index (χ0) is 19.8. The van der Waals surface area contributed by atoms with Crippen LogP contribution in [0.4, 0.5) is 5.69 Å². The maximum Gasteiger partial charge on any atom is 0.291 e. The fraction of sp³-hybridized carbons (Fsp3) is 0.500. The number of hydrogen-bond donors (Lipinski definition) is 2. The van der Waals surface area contributed by atoms with E-state index in [-0.39, 0.29) is 11.8 Å². The summed E-state index contributed by atoms with van der Waals surface area (Å²) in [6.45, 7) is 6.45. The summed E-state index contributed by atoms with van der Waals surface area (Å²) in [6.07, 6.45) is 0.905. The molecular formula is C20H28N4O3S. The summed E-state index contributed by atoms with van der Waals surface area (Å²) in [5.74, 6) is 0.618. The van der Waals surface area contributed by atoms with Gasteiger partial charge in [0, 0.05) is 43.9 Å². The molecule has 2 aliphatic rings. The molecule has 2 heterocycles. The van der Waals surface area contributed by atoms with Crippen molar-refractivity contribution in [2.45, 2.75) is 6.42 Å². The molecule has 2 amide bonds. The van der Waals surface area contributed by atoms with Crippen LogP contribution in [-0.2, 0) is 9.53 Å². The van der Waals surface area contributed by atoms with Crippen LogP contribution in [0, 0.1) is 0 Å². The lowest BCUT2D eigenvalue weighted by Gasteiger charge is -2.32. The zero-order valence-corrected chi connectivity index (χ0v) is 17.1. The predicted octanol–water partition coefficient (Wildman–Crippen LogP) is 1.60. The molecule has 8 heteroatoms. The van der Waals surface area contributed by atoms with Gasteiger partial charge in [0.15, 0.2) is 5.76 Å². The summed E-state index contributed by atoms with van der Waals surface area (Å²) in [6, 6.07) is 7.04. The number of amides is 2. The smallest absolute Gasteiger partial charge is 0.291 e. The Morgan fingerprint density at radius 1 is 1.14 bits per heavy atom. The third-order valence-corrected chi connectivity index (χ3v) is 5.61. The molecule has 0 atom stereocenters. The molecular weight excluding hydrogens is 376 g/mol. The first kappa shape index (κ1) is 20.7. The molecule has 2 N–H and O–H groups in total. The number of carbonyl (C=O) groups is 2. The highest BCUT2D eigenvalue weighted by atomic mass is 32.2. The Morgan fingerprint density at radius 2 is 1.93 bits per heavy atom. The van der Waals surface area contributed by atoms with Crippen LogP contribution in [0.1, 0.15) is 16.8 Å². The maximum atomic E-state index is 12.6. The molecule has 1 aromatic rings. The van der Waals surface area contributed by atoms with Crippen LogP contribution in [-0.4, -0.2) is 80.3 Å². The highest BCUT2D eigenvalue weighted by molar-refractivity contribution is 8.02. The summed E-state index contributed by atoms with van der Waals surface area (Å²) in [5, 5.41) is 7.46. The van der Waals surface area contributed by atoms with E-state index in [0.29, 0.717) is 30.2 Å². The fourth-order valence-corrected chi connectivity index (χ4v) is 3.76. The van der Waals surface area contributed by atoms with Gasteiger partial charge < -0.3 is 25.2 Å². The van der Waals surface area contributed by atoms with Crippen LogP contribution < -0.4 is 10.6 Å². The van der Waals surface area contributed by atoms with Crippen molar-refractivity contribution in [3.8, 4) is 0 Å². The van der Waals surface area contributed by atoms with Gasteiger partial charge >= 0.3 is 0 Å². The summed E-state index contributed by atoms with van der Waals surface area (Å²) in [5.41, 5.74) is 0.948. The third-order valence-electron chi connectivity index (χ3n) is 4.83. The Balaban J connectivity index is 1.48. The van der Waals surface area contributed by atoms with E-state index in [1.54, 1.807) is 41.4 Å². The molecule has 28 heavy (non-hydrogen) atoms. The molecule has 0 bridgehead atoms. The monoisotopic (exact) mass is 404 g/mol. The van der Waals surface area contributed by atoms with Gasteiger partial charge in [0.2, 0.25) is 0 Å². The number of ether oxygens (including phenoxy) is 1. The van der Waals surface area contributed by atoms with Crippen molar-refractivity contribution >= 4 is 29.3 Å². The number of nitrogens with one attached hydrogen (secondary N) is 2. The maximum absolute atomic E-state index is 12.6. The van der Waals surface area contributed by atoms with E-state index in [1.165, 1.54) is 0 Å². The second kappa shape index (κ2) is 10.5. The van der Waals surface area contributed by atoms with Gasteiger partial charge in [0.05, 0.1) is 17.9 Å². The van der Waals surface area contributed by atoms with Crippen LogP contribution in [0.5, 0.6) is 0 Å². The molecule has 1 fully saturated rings. The second-order valence-corrected chi connectivity index (χ2v) is 7.93. The van der Waals surface area contributed by atoms with Crippen LogP contribution in [0.3, 0.4) is 0 Å². The lowest BCUT2D eigenvalue weighted by atomic mass is 10.1. The van der Waals surface area contributed by atoms with Crippen LogP contribution in [0.25, 0.3) is 0 Å². The Labute approximate surface area is 170 Å². The summed E-state index contributed by atoms with van der Waals surface area (Å²) >= 11 is 1.54. The normalized spacial score (nSPS) is 18.1. The third kappa shape index (κ3) is 5.98. The van der Waals surface area contributed by atoms with E-state index in [0.717, 1.165) is 44.9 Å². The van der Waals surface area contributed by atoms with E-state index in [4.69, 9.17) is 4.74 Å². The Bertz CT molecular complexity index is 717. The minimum absolute atomic E-state index is 0.179. The number of para-hydroxylation sites is 1. The minimum atomic E-state index is -0.331. The Kier molecular flexibility index (Phi) is 7.76. The number of likely N-dealkylation sites (N-methyl/N-ethyl adjacent to an activating group) is 1. The topological polar surface area (TPSA) is 73.9 Å². The van der Waals surface area contributed by atoms with Crippen molar-refractivity contribution in [2.24, 2.45) is 0 Å². The van der Waals surface area contributed by atoms with Crippen molar-refractivity contribution < 1.29 is 14.3 Å². The molecule has 2 aliphatic heterocycles. The van der Waals surface area contributed by atoms with Crippen LogP contribution in [0.15, 0.2) is 35.4 Å². The van der Waals surface area contributed by atoms with E-state index in [2.05, 4.69) is 27.5 Å². The van der Waals surface area contributed by atoms with Crippen molar-refractivity contribution in [1.82, 2.24) is 15.1 Å². The number of nitrogens with zero attached hydrogens (tertiary/aromatic N) is 2. The van der Waals surface area contributed by atoms with Gasteiger partial charge in [0.25, 0.3) is 11.8 Å². The quantitative estimate of drug-likeness (QED) is 0.673. The Hall–Kier alpha value is -2.03. The van der Waals surface area contributed by atoms with Gasteiger partial charge in [-0.05, 0) is 32.1 Å². The number of benzene rings is 1. The number of thioether (sulfide) groups is 1. The zero-order valence-electron chi connectivity index (χ0n) is 16.3. The van der Waals surface area contributed by atoms with Crippen molar-refractivity contribution in [2.75, 3.05) is 64.0 Å². The summed E-state index contributed by atoms with van der Waals surface area (Å²) in [4.78, 5) is 29.7. The van der Waals surface area contributed by atoms with Crippen molar-refractivity contribution in [1.29, 1.82) is 0 Å². The van der Waals surface area contributed by atoms with E-state index in [1.807, 2.05) is 0 Å². The summed E-state index contributed by atoms with van der Waals surface area (Å²) < 4.78 is 5.38. The van der Waals surface area contributed by atoms with Crippen LogP contribution in [0.2, 0.25) is 0 Å². The molecule has 3 rings (SSSR count). The molecule has 0 aromatic heterocycles. The second-order valence-electron chi connectivity index (χ2n) is 6.96. The van der Waals surface area contributed by atoms with Gasteiger partial charge in [-0.15, -0.1) is 11.8 Å². The standard InChI is InChI=1S/C20H28N4O3S/c1-23-9-11-24(12-10-23)8-4-7-21-19(25)16-5-2-3-6-17(16)22-20(26)18-15-28-14-13-27-18/h2-3,5-6,15H,4,7-14H2,1H3,(H,21,25)(H,22,26). The van der Waals surface area contributed by atoms with Gasteiger partial charge in [0.1, 0.15) is 0 Å². The average Bonchev–Trinajstić information content (AvgIpc) is 2.73.